The Morgan fingerprint density at radius 1 is 1.10 bits per heavy atom. The van der Waals surface area contributed by atoms with Gasteiger partial charge >= 0.3 is 5.97 Å². The van der Waals surface area contributed by atoms with E-state index in [0.29, 0.717) is 19.6 Å². The zero-order chi connectivity index (χ0) is 20.7. The third-order valence-electron chi connectivity index (χ3n) is 3.83. The monoisotopic (exact) mass is 523 g/mol. The Bertz CT molecular complexity index is 557. The number of halogens is 1. The molecule has 1 aromatic rings. The Morgan fingerprint density at radius 2 is 1.79 bits per heavy atom. The lowest BCUT2D eigenvalue weighted by atomic mass is 10.1. The van der Waals surface area contributed by atoms with E-state index >= 15 is 0 Å². The molecule has 8 heteroatoms. The predicted octanol–water partition coefficient (Wildman–Crippen LogP) is 4.26. The number of nitrogens with one attached hydrogen (secondary N) is 2. The molecule has 0 saturated carbocycles. The Balaban J connectivity index is 0.00000784. The molecule has 0 unspecified atom stereocenters. The maximum Gasteiger partial charge on any atom is 0.306 e. The average molecular weight is 523 g/mol. The van der Waals surface area contributed by atoms with E-state index in [-0.39, 0.29) is 29.9 Å². The van der Waals surface area contributed by atoms with Gasteiger partial charge in [0, 0.05) is 33.2 Å². The third kappa shape index (κ3) is 16.2. The Kier molecular flexibility index (Phi) is 15.8. The Morgan fingerprint density at radius 3 is 2.41 bits per heavy atom. The van der Waals surface area contributed by atoms with Gasteiger partial charge in [0.1, 0.15) is 18.0 Å². The molecule has 1 rings (SSSR count). The molecular weight excluding hydrogens is 485 g/mol. The van der Waals surface area contributed by atoms with Crippen LogP contribution in [0.3, 0.4) is 0 Å². The maximum absolute atomic E-state index is 11.6. The smallest absolute Gasteiger partial charge is 0.306 e. The summed E-state index contributed by atoms with van der Waals surface area (Å²) in [5.41, 5.74) is -0.393. The van der Waals surface area contributed by atoms with Gasteiger partial charge in [0.15, 0.2) is 5.96 Å². The summed E-state index contributed by atoms with van der Waals surface area (Å²) in [5.74, 6) is 1.54. The van der Waals surface area contributed by atoms with Gasteiger partial charge in [-0.3, -0.25) is 9.79 Å². The number of furan rings is 1. The van der Waals surface area contributed by atoms with Crippen LogP contribution < -0.4 is 10.6 Å². The van der Waals surface area contributed by atoms with Crippen LogP contribution >= 0.6 is 24.0 Å². The number of hydrogen-bond acceptors (Lipinski definition) is 5. The molecule has 1 heterocycles. The number of carbonyl (C=O) groups is 1. The fourth-order valence-corrected chi connectivity index (χ4v) is 2.52. The second-order valence-corrected chi connectivity index (χ2v) is 7.66. The molecule has 7 nitrogen and oxygen atoms in total. The first-order chi connectivity index (χ1) is 13.4. The van der Waals surface area contributed by atoms with Crippen molar-refractivity contribution in [2.45, 2.75) is 71.5 Å². The molecule has 0 fully saturated rings. The Hall–Kier alpha value is -1.29. The van der Waals surface area contributed by atoms with Crippen LogP contribution in [0.5, 0.6) is 0 Å². The first-order valence-corrected chi connectivity index (χ1v) is 10.2. The van der Waals surface area contributed by atoms with Crippen LogP contribution in [0.2, 0.25) is 0 Å². The van der Waals surface area contributed by atoms with Gasteiger partial charge in [-0.05, 0) is 52.2 Å². The molecule has 0 aliphatic carbocycles. The fraction of sp³-hybridized carbons (Fsp3) is 0.714. The molecule has 0 spiro atoms. The summed E-state index contributed by atoms with van der Waals surface area (Å²) in [6, 6.07) is 3.76. The highest BCUT2D eigenvalue weighted by Gasteiger charge is 2.15. The van der Waals surface area contributed by atoms with Gasteiger partial charge in [0.2, 0.25) is 0 Å². The molecule has 1 aromatic heterocycles. The van der Waals surface area contributed by atoms with Crippen molar-refractivity contribution in [2.24, 2.45) is 4.99 Å². The van der Waals surface area contributed by atoms with E-state index < -0.39 is 5.60 Å². The number of rotatable bonds is 13. The second kappa shape index (κ2) is 16.5. The van der Waals surface area contributed by atoms with Gasteiger partial charge in [0.25, 0.3) is 0 Å². The van der Waals surface area contributed by atoms with Crippen LogP contribution in [0.4, 0.5) is 0 Å². The molecule has 168 valence electrons. The summed E-state index contributed by atoms with van der Waals surface area (Å²) in [6.45, 7) is 8.52. The minimum absolute atomic E-state index is 0. The van der Waals surface area contributed by atoms with E-state index in [1.807, 2.05) is 32.9 Å². The minimum atomic E-state index is -0.393. The molecule has 2 N–H and O–H groups in total. The van der Waals surface area contributed by atoms with Gasteiger partial charge in [-0.2, -0.15) is 0 Å². The standard InChI is InChI=1S/C21H37N3O4.HI/c1-21(2,3)28-19(25)12-7-5-6-8-13-23-20(22-4)24-14-10-15-26-17-18-11-9-16-27-18;/h9,11,16H,5-8,10,12-15,17H2,1-4H3,(H2,22,23,24);1H. The number of ether oxygens (including phenoxy) is 2. The highest BCUT2D eigenvalue weighted by molar-refractivity contribution is 14.0. The van der Waals surface area contributed by atoms with E-state index in [4.69, 9.17) is 13.9 Å². The van der Waals surface area contributed by atoms with E-state index in [0.717, 1.165) is 56.9 Å². The van der Waals surface area contributed by atoms with E-state index in [1.165, 1.54) is 0 Å². The topological polar surface area (TPSA) is 85.1 Å². The van der Waals surface area contributed by atoms with Crippen molar-refractivity contribution in [1.82, 2.24) is 10.6 Å². The number of unbranched alkanes of at least 4 members (excludes halogenated alkanes) is 3. The van der Waals surface area contributed by atoms with Crippen molar-refractivity contribution >= 4 is 35.9 Å². The number of esters is 1. The zero-order valence-corrected chi connectivity index (χ0v) is 20.6. The lowest BCUT2D eigenvalue weighted by Crippen LogP contribution is -2.38. The molecule has 29 heavy (non-hydrogen) atoms. The second-order valence-electron chi connectivity index (χ2n) is 7.66. The summed E-state index contributed by atoms with van der Waals surface area (Å²) in [4.78, 5) is 15.8. The molecule has 0 aromatic carbocycles. The van der Waals surface area contributed by atoms with Gasteiger partial charge in [-0.25, -0.2) is 0 Å². The van der Waals surface area contributed by atoms with Crippen molar-refractivity contribution < 1.29 is 18.7 Å². The van der Waals surface area contributed by atoms with Gasteiger partial charge in [0.05, 0.1) is 6.26 Å². The molecule has 0 amide bonds. The zero-order valence-electron chi connectivity index (χ0n) is 18.3. The third-order valence-corrected chi connectivity index (χ3v) is 3.83. The lowest BCUT2D eigenvalue weighted by molar-refractivity contribution is -0.154. The van der Waals surface area contributed by atoms with Crippen LogP contribution in [0.25, 0.3) is 0 Å². The van der Waals surface area contributed by atoms with Gasteiger partial charge in [-0.15, -0.1) is 24.0 Å². The minimum Gasteiger partial charge on any atom is -0.467 e. The molecule has 0 aliphatic heterocycles. The molecule has 0 saturated heterocycles. The van der Waals surface area contributed by atoms with Crippen molar-refractivity contribution in [3.63, 3.8) is 0 Å². The predicted molar refractivity (Wildman–Crippen MR) is 127 cm³/mol. The van der Waals surface area contributed by atoms with E-state index in [2.05, 4.69) is 15.6 Å². The lowest BCUT2D eigenvalue weighted by Gasteiger charge is -2.19. The normalized spacial score (nSPS) is 11.7. The highest BCUT2D eigenvalue weighted by atomic mass is 127. The van der Waals surface area contributed by atoms with Crippen LogP contribution in [-0.2, 0) is 20.9 Å². The quantitative estimate of drug-likeness (QED) is 0.132. The molecule has 0 atom stereocenters. The molecular formula is C21H38IN3O4. The maximum atomic E-state index is 11.6. The number of aliphatic imine (C=N–C) groups is 1. The summed E-state index contributed by atoms with van der Waals surface area (Å²) in [6.07, 6.45) is 7.06. The van der Waals surface area contributed by atoms with Crippen LogP contribution in [0.15, 0.2) is 27.8 Å². The highest BCUT2D eigenvalue weighted by Crippen LogP contribution is 2.11. The Labute approximate surface area is 192 Å². The van der Waals surface area contributed by atoms with Crippen molar-refractivity contribution in [1.29, 1.82) is 0 Å². The van der Waals surface area contributed by atoms with Crippen LogP contribution in [0.1, 0.15) is 65.1 Å². The van der Waals surface area contributed by atoms with Crippen LogP contribution in [0, 0.1) is 0 Å². The number of hydrogen-bond donors (Lipinski definition) is 2. The van der Waals surface area contributed by atoms with Crippen LogP contribution in [-0.4, -0.2) is 44.3 Å². The SMILES string of the molecule is CN=C(NCCCCCCC(=O)OC(C)(C)C)NCCCOCc1ccco1.I. The van der Waals surface area contributed by atoms with Crippen molar-refractivity contribution in [2.75, 3.05) is 26.7 Å². The van der Waals surface area contributed by atoms with Crippen molar-refractivity contribution in [3.8, 4) is 0 Å². The average Bonchev–Trinajstić information content (AvgIpc) is 3.13. The van der Waals surface area contributed by atoms with Gasteiger partial charge < -0.3 is 24.5 Å². The van der Waals surface area contributed by atoms with Crippen molar-refractivity contribution in [3.05, 3.63) is 24.2 Å². The summed E-state index contributed by atoms with van der Waals surface area (Å²) < 4.78 is 16.1. The van der Waals surface area contributed by atoms with Gasteiger partial charge in [-0.1, -0.05) is 12.8 Å². The summed E-state index contributed by atoms with van der Waals surface area (Å²) in [5, 5.41) is 6.58. The molecule has 0 bridgehead atoms. The number of guanidine groups is 1. The number of carbonyl (C=O) groups excluding carboxylic acids is 1. The molecule has 0 aliphatic rings. The van der Waals surface area contributed by atoms with E-state index in [9.17, 15) is 4.79 Å². The fourth-order valence-electron chi connectivity index (χ4n) is 2.52. The molecule has 0 radical (unpaired) electrons. The summed E-state index contributed by atoms with van der Waals surface area (Å²) >= 11 is 0. The largest absolute Gasteiger partial charge is 0.467 e. The first kappa shape index (κ1) is 27.7. The summed E-state index contributed by atoms with van der Waals surface area (Å²) in [7, 11) is 1.77. The number of nitrogens with zero attached hydrogens (tertiary/aromatic N) is 1. The van der Waals surface area contributed by atoms with E-state index in [1.54, 1.807) is 13.3 Å². The first-order valence-electron chi connectivity index (χ1n) is 10.2.